The summed E-state index contributed by atoms with van der Waals surface area (Å²) < 4.78 is 4.46. The maximum absolute atomic E-state index is 10.7. The number of alkyl halides is 1. The predicted octanol–water partition coefficient (Wildman–Crippen LogP) is 1.91. The molecule has 0 aromatic carbocycles. The van der Waals surface area contributed by atoms with Crippen molar-refractivity contribution >= 4 is 29.3 Å². The van der Waals surface area contributed by atoms with Crippen LogP contribution >= 0.6 is 23.4 Å². The summed E-state index contributed by atoms with van der Waals surface area (Å²) in [7, 11) is 1.35. The average Bonchev–Trinajstić information content (AvgIpc) is 2.03. The normalized spacial score (nSPS) is 12.6. The van der Waals surface area contributed by atoms with E-state index in [1.165, 1.54) is 7.11 Å². The van der Waals surface area contributed by atoms with E-state index in [0.717, 1.165) is 12.2 Å². The Balaban J connectivity index is 3.36. The second kappa shape index (κ2) is 6.80. The monoisotopic (exact) mass is 196 g/mol. The molecule has 0 saturated heterocycles. The van der Waals surface area contributed by atoms with Gasteiger partial charge in [-0.05, 0) is 24.9 Å². The van der Waals surface area contributed by atoms with E-state index in [-0.39, 0.29) is 5.97 Å². The number of ether oxygens (including phenoxy) is 1. The Kier molecular flexibility index (Phi) is 6.87. The van der Waals surface area contributed by atoms with Crippen molar-refractivity contribution in [1.29, 1.82) is 0 Å². The first-order valence-electron chi connectivity index (χ1n) is 3.43. The highest BCUT2D eigenvalue weighted by Gasteiger charge is 2.14. The molecule has 0 heterocycles. The Morgan fingerprint density at radius 1 is 1.73 bits per heavy atom. The largest absolute Gasteiger partial charge is 0.468 e. The Morgan fingerprint density at radius 3 is 2.82 bits per heavy atom. The summed E-state index contributed by atoms with van der Waals surface area (Å²) in [5.41, 5.74) is 0. The Bertz CT molecular complexity index is 119. The summed E-state index contributed by atoms with van der Waals surface area (Å²) in [6, 6.07) is 0. The molecule has 0 aliphatic heterocycles. The van der Waals surface area contributed by atoms with Gasteiger partial charge in [-0.25, -0.2) is 0 Å². The maximum Gasteiger partial charge on any atom is 0.323 e. The summed E-state index contributed by atoms with van der Waals surface area (Å²) in [6.45, 7) is 0. The van der Waals surface area contributed by atoms with Crippen LogP contribution in [0.25, 0.3) is 0 Å². The Hall–Kier alpha value is 0.110. The lowest BCUT2D eigenvalue weighted by molar-refractivity contribution is -0.140. The molecule has 0 radical (unpaired) electrons. The van der Waals surface area contributed by atoms with Crippen molar-refractivity contribution in [3.63, 3.8) is 0 Å². The zero-order valence-electron chi connectivity index (χ0n) is 6.80. The van der Waals surface area contributed by atoms with Gasteiger partial charge in [0, 0.05) is 0 Å². The number of halogens is 1. The van der Waals surface area contributed by atoms with Crippen LogP contribution in [0, 0.1) is 0 Å². The van der Waals surface area contributed by atoms with Crippen LogP contribution in [0.3, 0.4) is 0 Å². The first-order chi connectivity index (χ1) is 5.22. The number of rotatable bonds is 5. The lowest BCUT2D eigenvalue weighted by Gasteiger charge is -2.05. The summed E-state index contributed by atoms with van der Waals surface area (Å²) in [5.74, 6) is 0.716. The van der Waals surface area contributed by atoms with Crippen LogP contribution in [0.4, 0.5) is 0 Å². The van der Waals surface area contributed by atoms with Gasteiger partial charge < -0.3 is 4.74 Å². The van der Waals surface area contributed by atoms with Gasteiger partial charge >= 0.3 is 5.97 Å². The lowest BCUT2D eigenvalue weighted by Crippen LogP contribution is -2.15. The summed E-state index contributed by atoms with van der Waals surface area (Å²) in [6.07, 6.45) is 3.70. The maximum atomic E-state index is 10.7. The highest BCUT2D eigenvalue weighted by molar-refractivity contribution is 7.98. The van der Waals surface area contributed by atoms with E-state index in [1.807, 2.05) is 6.26 Å². The van der Waals surface area contributed by atoms with Gasteiger partial charge in [0.1, 0.15) is 5.38 Å². The lowest BCUT2D eigenvalue weighted by atomic mass is 10.2. The molecule has 0 rings (SSSR count). The van der Waals surface area contributed by atoms with Crippen molar-refractivity contribution in [2.75, 3.05) is 19.1 Å². The number of methoxy groups -OCH3 is 1. The van der Waals surface area contributed by atoms with Crippen molar-refractivity contribution in [2.45, 2.75) is 18.2 Å². The zero-order valence-corrected chi connectivity index (χ0v) is 8.37. The second-order valence-electron chi connectivity index (χ2n) is 2.13. The standard InChI is InChI=1S/C7H13ClO2S/c1-10-7(9)6(8)4-3-5-11-2/h6H,3-5H2,1-2H3. The highest BCUT2D eigenvalue weighted by atomic mass is 35.5. The molecule has 66 valence electrons. The average molecular weight is 197 g/mol. The van der Waals surface area contributed by atoms with Gasteiger partial charge in [-0.3, -0.25) is 4.79 Å². The number of hydrogen-bond acceptors (Lipinski definition) is 3. The van der Waals surface area contributed by atoms with Gasteiger partial charge in [0.05, 0.1) is 7.11 Å². The third kappa shape index (κ3) is 5.39. The topological polar surface area (TPSA) is 26.3 Å². The fourth-order valence-electron chi connectivity index (χ4n) is 0.653. The minimum Gasteiger partial charge on any atom is -0.468 e. The molecule has 0 bridgehead atoms. The van der Waals surface area contributed by atoms with Gasteiger partial charge in [-0.15, -0.1) is 11.6 Å². The molecule has 0 aromatic heterocycles. The van der Waals surface area contributed by atoms with Gasteiger partial charge in [-0.2, -0.15) is 11.8 Å². The molecule has 0 aliphatic rings. The summed E-state index contributed by atoms with van der Waals surface area (Å²) >= 11 is 7.44. The summed E-state index contributed by atoms with van der Waals surface area (Å²) in [4.78, 5) is 10.7. The number of esters is 1. The highest BCUT2D eigenvalue weighted by Crippen LogP contribution is 2.09. The molecule has 0 N–H and O–H groups in total. The van der Waals surface area contributed by atoms with E-state index in [2.05, 4.69) is 4.74 Å². The fourth-order valence-corrected chi connectivity index (χ4v) is 1.35. The smallest absolute Gasteiger partial charge is 0.323 e. The molecule has 0 amide bonds. The summed E-state index contributed by atoms with van der Waals surface area (Å²) in [5, 5.41) is -0.466. The minimum atomic E-state index is -0.466. The molecule has 4 heteroatoms. The minimum absolute atomic E-state index is 0.326. The Morgan fingerprint density at radius 2 is 2.36 bits per heavy atom. The third-order valence-electron chi connectivity index (χ3n) is 1.26. The number of carbonyl (C=O) groups excluding carboxylic acids is 1. The molecule has 0 spiro atoms. The first kappa shape index (κ1) is 11.1. The van der Waals surface area contributed by atoms with Crippen LogP contribution in [0.1, 0.15) is 12.8 Å². The SMILES string of the molecule is COC(=O)C(Cl)CCCSC. The molecule has 1 atom stereocenters. The van der Waals surface area contributed by atoms with Crippen molar-refractivity contribution < 1.29 is 9.53 Å². The Labute approximate surface area is 76.6 Å². The van der Waals surface area contributed by atoms with Gasteiger partial charge in [0.15, 0.2) is 0 Å². The van der Waals surface area contributed by atoms with Gasteiger partial charge in [-0.1, -0.05) is 0 Å². The van der Waals surface area contributed by atoms with Crippen molar-refractivity contribution in [3.05, 3.63) is 0 Å². The predicted molar refractivity (Wildman–Crippen MR) is 49.3 cm³/mol. The number of thioether (sulfide) groups is 1. The van der Waals surface area contributed by atoms with Crippen molar-refractivity contribution in [1.82, 2.24) is 0 Å². The molecule has 0 aliphatic carbocycles. The molecule has 0 aromatic rings. The molecular weight excluding hydrogens is 184 g/mol. The van der Waals surface area contributed by atoms with E-state index in [0.29, 0.717) is 6.42 Å². The van der Waals surface area contributed by atoms with Crippen LogP contribution in [0.5, 0.6) is 0 Å². The van der Waals surface area contributed by atoms with Crippen LogP contribution in [-0.4, -0.2) is 30.5 Å². The van der Waals surface area contributed by atoms with E-state index < -0.39 is 5.38 Å². The molecule has 0 saturated carbocycles. The van der Waals surface area contributed by atoms with Crippen LogP contribution < -0.4 is 0 Å². The van der Waals surface area contributed by atoms with Gasteiger partial charge in [0.2, 0.25) is 0 Å². The van der Waals surface area contributed by atoms with Crippen molar-refractivity contribution in [3.8, 4) is 0 Å². The van der Waals surface area contributed by atoms with Crippen LogP contribution in [-0.2, 0) is 9.53 Å². The van der Waals surface area contributed by atoms with Crippen molar-refractivity contribution in [2.24, 2.45) is 0 Å². The quantitative estimate of drug-likeness (QED) is 0.382. The first-order valence-corrected chi connectivity index (χ1v) is 5.26. The zero-order chi connectivity index (χ0) is 8.69. The van der Waals surface area contributed by atoms with Crippen LogP contribution in [0.15, 0.2) is 0 Å². The third-order valence-corrected chi connectivity index (χ3v) is 2.36. The van der Waals surface area contributed by atoms with E-state index in [4.69, 9.17) is 11.6 Å². The molecule has 2 nitrogen and oxygen atoms in total. The molecular formula is C7H13ClO2S. The van der Waals surface area contributed by atoms with Crippen LogP contribution in [0.2, 0.25) is 0 Å². The second-order valence-corrected chi connectivity index (χ2v) is 3.64. The van der Waals surface area contributed by atoms with Gasteiger partial charge in [0.25, 0.3) is 0 Å². The fraction of sp³-hybridized carbons (Fsp3) is 0.857. The van der Waals surface area contributed by atoms with E-state index in [9.17, 15) is 4.79 Å². The molecule has 0 fully saturated rings. The number of hydrogen-bond donors (Lipinski definition) is 0. The molecule has 11 heavy (non-hydrogen) atoms. The molecule has 1 unspecified atom stereocenters. The number of carbonyl (C=O) groups is 1. The van der Waals surface area contributed by atoms with E-state index >= 15 is 0 Å². The van der Waals surface area contributed by atoms with E-state index in [1.54, 1.807) is 11.8 Å².